The zero-order valence-corrected chi connectivity index (χ0v) is 11.4. The molecule has 4 N–H and O–H groups in total. The molecule has 2 amide bonds. The summed E-state index contributed by atoms with van der Waals surface area (Å²) >= 11 is 0. The van der Waals surface area contributed by atoms with Gasteiger partial charge in [-0.15, -0.1) is 0 Å². The lowest BCUT2D eigenvalue weighted by Gasteiger charge is -2.02. The van der Waals surface area contributed by atoms with E-state index in [0.717, 1.165) is 0 Å². The minimum atomic E-state index is -1.07. The topological polar surface area (TPSA) is 147 Å². The summed E-state index contributed by atoms with van der Waals surface area (Å²) < 4.78 is 1.18. The summed E-state index contributed by atoms with van der Waals surface area (Å²) in [5, 5.41) is 11.2. The van der Waals surface area contributed by atoms with Crippen LogP contribution in [0.15, 0.2) is 30.6 Å². The number of nitrogens with two attached hydrogens (primary N) is 2. The van der Waals surface area contributed by atoms with Gasteiger partial charge in [0.05, 0.1) is 12.1 Å². The van der Waals surface area contributed by atoms with Crippen LogP contribution in [0.3, 0.4) is 0 Å². The maximum Gasteiger partial charge on any atom is 0.336 e. The number of nitro groups is 1. The fraction of sp³-hybridized carbons (Fsp3) is 0.154. The number of carbonyl (C=O) groups is 2. The Balaban J connectivity index is 2.42. The number of aryl methyl sites for hydroxylation is 2. The predicted molar refractivity (Wildman–Crippen MR) is 76.1 cm³/mol. The van der Waals surface area contributed by atoms with E-state index in [1.54, 1.807) is 24.4 Å². The molecule has 2 heterocycles. The van der Waals surface area contributed by atoms with Crippen LogP contribution in [0.1, 0.15) is 26.4 Å². The quantitative estimate of drug-likeness (QED) is 0.579. The number of aromatic nitrogens is 2. The van der Waals surface area contributed by atoms with Crippen LogP contribution in [0.25, 0.3) is 0 Å². The first-order chi connectivity index (χ1) is 10.4. The number of rotatable bonds is 6. The molecule has 22 heavy (non-hydrogen) atoms. The Kier molecular flexibility index (Phi) is 4.16. The second-order valence-electron chi connectivity index (χ2n) is 4.49. The van der Waals surface area contributed by atoms with Gasteiger partial charge in [-0.2, -0.15) is 0 Å². The van der Waals surface area contributed by atoms with Gasteiger partial charge >= 0.3 is 5.82 Å². The molecular weight excluding hydrogens is 290 g/mol. The van der Waals surface area contributed by atoms with Crippen molar-refractivity contribution in [3.05, 3.63) is 57.5 Å². The molecule has 9 heteroatoms. The summed E-state index contributed by atoms with van der Waals surface area (Å²) in [5.41, 5.74) is 10.3. The Morgan fingerprint density at radius 3 is 2.50 bits per heavy atom. The summed E-state index contributed by atoms with van der Waals surface area (Å²) in [4.78, 5) is 37.3. The van der Waals surface area contributed by atoms with Crippen molar-refractivity contribution < 1.29 is 14.5 Å². The number of pyridine rings is 1. The summed E-state index contributed by atoms with van der Waals surface area (Å²) in [6.45, 7) is 0.154. The molecule has 0 unspecified atom stereocenters. The molecular formula is C13H13N5O4. The lowest BCUT2D eigenvalue weighted by atomic mass is 10.1. The van der Waals surface area contributed by atoms with Crippen LogP contribution >= 0.6 is 0 Å². The molecule has 0 aliphatic carbocycles. The van der Waals surface area contributed by atoms with E-state index in [1.165, 1.54) is 10.8 Å². The van der Waals surface area contributed by atoms with Gasteiger partial charge in [-0.3, -0.25) is 14.6 Å². The van der Waals surface area contributed by atoms with Gasteiger partial charge in [0, 0.05) is 18.3 Å². The molecule has 0 aliphatic rings. The van der Waals surface area contributed by atoms with Gasteiger partial charge < -0.3 is 21.6 Å². The molecule has 0 fully saturated rings. The number of hydrogen-bond donors (Lipinski definition) is 2. The van der Waals surface area contributed by atoms with E-state index in [-0.39, 0.29) is 12.1 Å². The molecule has 0 saturated heterocycles. The SMILES string of the molecule is NC(=O)c1cn(CCc2ccccn2)c([N+](=O)[O-])c1C(N)=O. The molecule has 2 aromatic heterocycles. The molecule has 0 bridgehead atoms. The largest absolute Gasteiger partial charge is 0.365 e. The molecule has 0 aliphatic heterocycles. The first-order valence-electron chi connectivity index (χ1n) is 6.29. The van der Waals surface area contributed by atoms with E-state index in [0.29, 0.717) is 12.1 Å². The number of primary amides is 2. The first-order valence-corrected chi connectivity index (χ1v) is 6.29. The molecule has 0 radical (unpaired) electrons. The fourth-order valence-electron chi connectivity index (χ4n) is 2.12. The van der Waals surface area contributed by atoms with Crippen molar-refractivity contribution in [1.82, 2.24) is 9.55 Å². The predicted octanol–water partition coefficient (Wildman–Crippen LogP) is 0.232. The second-order valence-corrected chi connectivity index (χ2v) is 4.49. The minimum Gasteiger partial charge on any atom is -0.365 e. The number of amides is 2. The van der Waals surface area contributed by atoms with Crippen molar-refractivity contribution in [3.8, 4) is 0 Å². The second kappa shape index (κ2) is 6.04. The van der Waals surface area contributed by atoms with Crippen molar-refractivity contribution in [2.45, 2.75) is 13.0 Å². The Hall–Kier alpha value is -3.23. The summed E-state index contributed by atoms with van der Waals surface area (Å²) in [6, 6.07) is 5.30. The smallest absolute Gasteiger partial charge is 0.336 e. The van der Waals surface area contributed by atoms with Crippen molar-refractivity contribution in [2.24, 2.45) is 11.5 Å². The van der Waals surface area contributed by atoms with Crippen LogP contribution in [-0.2, 0) is 13.0 Å². The van der Waals surface area contributed by atoms with Gasteiger partial charge in [0.2, 0.25) is 0 Å². The Labute approximate surface area is 124 Å². The van der Waals surface area contributed by atoms with Crippen LogP contribution in [0.2, 0.25) is 0 Å². The molecule has 0 aromatic carbocycles. The van der Waals surface area contributed by atoms with Gasteiger partial charge in [0.1, 0.15) is 11.8 Å². The number of carbonyl (C=O) groups excluding carboxylic acids is 2. The molecule has 2 rings (SSSR count). The van der Waals surface area contributed by atoms with Crippen molar-refractivity contribution >= 4 is 17.6 Å². The van der Waals surface area contributed by atoms with Gasteiger partial charge in [-0.25, -0.2) is 4.57 Å². The number of hydrogen-bond acceptors (Lipinski definition) is 5. The number of nitrogens with zero attached hydrogens (tertiary/aromatic N) is 3. The van der Waals surface area contributed by atoms with Crippen LogP contribution in [0, 0.1) is 10.1 Å². The summed E-state index contributed by atoms with van der Waals surface area (Å²) in [6.07, 6.45) is 3.15. The Bertz CT molecular complexity index is 738. The molecule has 9 nitrogen and oxygen atoms in total. The van der Waals surface area contributed by atoms with E-state index in [1.807, 2.05) is 0 Å². The van der Waals surface area contributed by atoms with E-state index >= 15 is 0 Å². The van der Waals surface area contributed by atoms with E-state index in [4.69, 9.17) is 11.5 Å². The monoisotopic (exact) mass is 303 g/mol. The van der Waals surface area contributed by atoms with Gasteiger partial charge in [-0.05, 0) is 17.1 Å². The van der Waals surface area contributed by atoms with E-state index in [9.17, 15) is 19.7 Å². The lowest BCUT2D eigenvalue weighted by Crippen LogP contribution is -2.19. The average molecular weight is 303 g/mol. The third kappa shape index (κ3) is 2.92. The average Bonchev–Trinajstić information content (AvgIpc) is 2.86. The first kappa shape index (κ1) is 15.2. The summed E-state index contributed by atoms with van der Waals surface area (Å²) in [7, 11) is 0. The van der Waals surface area contributed by atoms with Crippen molar-refractivity contribution in [1.29, 1.82) is 0 Å². The fourth-order valence-corrected chi connectivity index (χ4v) is 2.12. The third-order valence-corrected chi connectivity index (χ3v) is 3.07. The van der Waals surface area contributed by atoms with E-state index < -0.39 is 28.1 Å². The normalized spacial score (nSPS) is 10.4. The lowest BCUT2D eigenvalue weighted by molar-refractivity contribution is -0.392. The molecule has 2 aromatic rings. The van der Waals surface area contributed by atoms with Gasteiger partial charge in [-0.1, -0.05) is 6.07 Å². The Morgan fingerprint density at radius 1 is 1.27 bits per heavy atom. The summed E-state index contributed by atoms with van der Waals surface area (Å²) in [5.74, 6) is -2.57. The standard InChI is InChI=1S/C13H13N5O4/c14-11(19)9-7-17(6-4-8-3-1-2-5-16-8)13(18(21)22)10(9)12(15)20/h1-3,5,7H,4,6H2,(H2,14,19)(H2,15,20). The highest BCUT2D eigenvalue weighted by Crippen LogP contribution is 2.25. The zero-order chi connectivity index (χ0) is 16.3. The van der Waals surface area contributed by atoms with Crippen LogP contribution < -0.4 is 11.5 Å². The molecule has 0 saturated carbocycles. The highest BCUT2D eigenvalue weighted by Gasteiger charge is 2.31. The van der Waals surface area contributed by atoms with Crippen molar-refractivity contribution in [2.75, 3.05) is 0 Å². The molecule has 0 atom stereocenters. The third-order valence-electron chi connectivity index (χ3n) is 3.07. The Morgan fingerprint density at radius 2 is 2.00 bits per heavy atom. The van der Waals surface area contributed by atoms with Crippen molar-refractivity contribution in [3.63, 3.8) is 0 Å². The van der Waals surface area contributed by atoms with Crippen LogP contribution in [-0.4, -0.2) is 26.3 Å². The highest BCUT2D eigenvalue weighted by molar-refractivity contribution is 6.08. The van der Waals surface area contributed by atoms with Crippen LogP contribution in [0.4, 0.5) is 5.82 Å². The van der Waals surface area contributed by atoms with Gasteiger partial charge in [0.25, 0.3) is 11.8 Å². The molecule has 0 spiro atoms. The minimum absolute atomic E-state index is 0.154. The van der Waals surface area contributed by atoms with Gasteiger partial charge in [0.15, 0.2) is 0 Å². The zero-order valence-electron chi connectivity index (χ0n) is 11.4. The molecule has 114 valence electrons. The van der Waals surface area contributed by atoms with Crippen LogP contribution in [0.5, 0.6) is 0 Å². The maximum absolute atomic E-state index is 11.4. The van der Waals surface area contributed by atoms with E-state index in [2.05, 4.69) is 4.98 Å². The maximum atomic E-state index is 11.4. The highest BCUT2D eigenvalue weighted by atomic mass is 16.6.